The van der Waals surface area contributed by atoms with E-state index in [4.69, 9.17) is 4.74 Å². The lowest BCUT2D eigenvalue weighted by atomic mass is 9.60. The fourth-order valence-corrected chi connectivity index (χ4v) is 4.94. The highest BCUT2D eigenvalue weighted by Gasteiger charge is 2.56. The SMILES string of the molecule is CCOC1CC(NCc2nnc(C3CCC3)n2C)C12CCCC2. The van der Waals surface area contributed by atoms with Gasteiger partial charge in [-0.05, 0) is 39.0 Å². The molecule has 1 N–H and O–H groups in total. The number of hydrogen-bond acceptors (Lipinski definition) is 4. The predicted octanol–water partition coefficient (Wildman–Crippen LogP) is 2.91. The molecule has 0 aliphatic heterocycles. The van der Waals surface area contributed by atoms with Crippen LogP contribution in [0.15, 0.2) is 0 Å². The van der Waals surface area contributed by atoms with E-state index in [1.807, 2.05) is 0 Å². The molecule has 1 aromatic rings. The summed E-state index contributed by atoms with van der Waals surface area (Å²) < 4.78 is 8.23. The van der Waals surface area contributed by atoms with Gasteiger partial charge in [0.25, 0.3) is 0 Å². The van der Waals surface area contributed by atoms with Crippen LogP contribution in [0.1, 0.15) is 75.9 Å². The van der Waals surface area contributed by atoms with Crippen molar-refractivity contribution in [1.29, 1.82) is 0 Å². The first-order valence-electron chi connectivity index (χ1n) is 9.48. The van der Waals surface area contributed by atoms with Crippen molar-refractivity contribution in [2.75, 3.05) is 6.61 Å². The third-order valence-corrected chi connectivity index (χ3v) is 6.66. The van der Waals surface area contributed by atoms with Crippen molar-refractivity contribution < 1.29 is 4.74 Å². The summed E-state index contributed by atoms with van der Waals surface area (Å²) in [6.07, 6.45) is 10.9. The Labute approximate surface area is 139 Å². The Bertz CT molecular complexity index is 545. The maximum atomic E-state index is 6.01. The molecule has 0 radical (unpaired) electrons. The molecule has 128 valence electrons. The molecule has 1 aromatic heterocycles. The van der Waals surface area contributed by atoms with E-state index in [1.165, 1.54) is 50.8 Å². The van der Waals surface area contributed by atoms with Crippen LogP contribution >= 0.6 is 0 Å². The molecule has 0 bridgehead atoms. The molecule has 1 spiro atoms. The molecule has 3 aliphatic rings. The van der Waals surface area contributed by atoms with E-state index in [0.29, 0.717) is 23.5 Å². The molecule has 2 unspecified atom stereocenters. The molecular weight excluding hydrogens is 288 g/mol. The van der Waals surface area contributed by atoms with Gasteiger partial charge in [-0.25, -0.2) is 0 Å². The molecule has 4 rings (SSSR count). The molecule has 5 heteroatoms. The van der Waals surface area contributed by atoms with Crippen molar-refractivity contribution in [3.63, 3.8) is 0 Å². The topological polar surface area (TPSA) is 52.0 Å². The van der Waals surface area contributed by atoms with E-state index in [2.05, 4.69) is 34.1 Å². The van der Waals surface area contributed by atoms with Gasteiger partial charge in [-0.3, -0.25) is 0 Å². The smallest absolute Gasteiger partial charge is 0.146 e. The van der Waals surface area contributed by atoms with Crippen LogP contribution in [0.2, 0.25) is 0 Å². The lowest BCUT2D eigenvalue weighted by Crippen LogP contribution is -2.62. The standard InChI is InChI=1S/C18H30N4O/c1-3-23-15-11-14(18(15)9-4-5-10-18)19-12-16-20-21-17(22(16)2)13-7-6-8-13/h13-15,19H,3-12H2,1-2H3. The molecule has 5 nitrogen and oxygen atoms in total. The zero-order chi connectivity index (χ0) is 15.9. The van der Waals surface area contributed by atoms with Gasteiger partial charge < -0.3 is 14.6 Å². The molecule has 3 fully saturated rings. The molecule has 0 amide bonds. The Morgan fingerprint density at radius 3 is 2.65 bits per heavy atom. The summed E-state index contributed by atoms with van der Waals surface area (Å²) >= 11 is 0. The fourth-order valence-electron chi connectivity index (χ4n) is 4.94. The van der Waals surface area contributed by atoms with Crippen molar-refractivity contribution in [3.8, 4) is 0 Å². The van der Waals surface area contributed by atoms with Gasteiger partial charge in [0.05, 0.1) is 12.6 Å². The van der Waals surface area contributed by atoms with Gasteiger partial charge in [0.1, 0.15) is 11.6 Å². The van der Waals surface area contributed by atoms with Crippen molar-refractivity contribution in [1.82, 2.24) is 20.1 Å². The minimum absolute atomic E-state index is 0.394. The Balaban J connectivity index is 1.38. The van der Waals surface area contributed by atoms with Gasteiger partial charge in [-0.1, -0.05) is 19.3 Å². The maximum Gasteiger partial charge on any atom is 0.146 e. The molecule has 3 saturated carbocycles. The van der Waals surface area contributed by atoms with Crippen LogP contribution in [0.5, 0.6) is 0 Å². The highest BCUT2D eigenvalue weighted by atomic mass is 16.5. The van der Waals surface area contributed by atoms with E-state index in [1.54, 1.807) is 0 Å². The van der Waals surface area contributed by atoms with Gasteiger partial charge in [-0.2, -0.15) is 0 Å². The summed E-state index contributed by atoms with van der Waals surface area (Å²) in [5.74, 6) is 2.91. The van der Waals surface area contributed by atoms with E-state index in [-0.39, 0.29) is 0 Å². The minimum Gasteiger partial charge on any atom is -0.378 e. The monoisotopic (exact) mass is 318 g/mol. The highest BCUT2D eigenvalue weighted by molar-refractivity contribution is 5.11. The second-order valence-corrected chi connectivity index (χ2v) is 7.71. The summed E-state index contributed by atoms with van der Waals surface area (Å²) in [6.45, 7) is 3.79. The van der Waals surface area contributed by atoms with Crippen LogP contribution in [-0.2, 0) is 18.3 Å². The number of nitrogens with zero attached hydrogens (tertiary/aromatic N) is 3. The molecule has 3 aliphatic carbocycles. The largest absolute Gasteiger partial charge is 0.378 e. The van der Waals surface area contributed by atoms with Crippen molar-refractivity contribution in [3.05, 3.63) is 11.6 Å². The molecule has 0 saturated heterocycles. The number of aromatic nitrogens is 3. The average Bonchev–Trinajstić information content (AvgIpc) is 3.12. The van der Waals surface area contributed by atoms with E-state index < -0.39 is 0 Å². The third-order valence-electron chi connectivity index (χ3n) is 6.66. The molecule has 1 heterocycles. The van der Waals surface area contributed by atoms with Crippen LogP contribution < -0.4 is 5.32 Å². The van der Waals surface area contributed by atoms with Crippen molar-refractivity contribution in [2.45, 2.75) is 82.9 Å². The zero-order valence-corrected chi connectivity index (χ0v) is 14.6. The third kappa shape index (κ3) is 2.52. The van der Waals surface area contributed by atoms with Crippen LogP contribution in [0, 0.1) is 5.41 Å². The van der Waals surface area contributed by atoms with E-state index in [9.17, 15) is 0 Å². The van der Waals surface area contributed by atoms with Crippen LogP contribution in [0.3, 0.4) is 0 Å². The van der Waals surface area contributed by atoms with Gasteiger partial charge >= 0.3 is 0 Å². The number of ether oxygens (including phenoxy) is 1. The summed E-state index contributed by atoms with van der Waals surface area (Å²) in [5, 5.41) is 12.7. The first-order valence-corrected chi connectivity index (χ1v) is 9.48. The molecule has 0 aromatic carbocycles. The van der Waals surface area contributed by atoms with Crippen molar-refractivity contribution >= 4 is 0 Å². The summed E-state index contributed by atoms with van der Waals surface area (Å²) in [6, 6.07) is 0.588. The van der Waals surface area contributed by atoms with Crippen LogP contribution in [0.25, 0.3) is 0 Å². The minimum atomic E-state index is 0.394. The Morgan fingerprint density at radius 1 is 1.22 bits per heavy atom. The maximum absolute atomic E-state index is 6.01. The first-order chi connectivity index (χ1) is 11.2. The summed E-state index contributed by atoms with van der Waals surface area (Å²) in [7, 11) is 2.12. The zero-order valence-electron chi connectivity index (χ0n) is 14.6. The first kappa shape index (κ1) is 15.6. The fraction of sp³-hybridized carbons (Fsp3) is 0.889. The van der Waals surface area contributed by atoms with Gasteiger partial charge in [0.2, 0.25) is 0 Å². The average molecular weight is 318 g/mol. The number of hydrogen-bond donors (Lipinski definition) is 1. The lowest BCUT2D eigenvalue weighted by molar-refractivity contribution is -0.130. The Kier molecular flexibility index (Phi) is 4.18. The second-order valence-electron chi connectivity index (χ2n) is 7.71. The Hall–Kier alpha value is -0.940. The molecule has 23 heavy (non-hydrogen) atoms. The normalized spacial score (nSPS) is 29.7. The van der Waals surface area contributed by atoms with Gasteiger partial charge in [-0.15, -0.1) is 10.2 Å². The lowest BCUT2D eigenvalue weighted by Gasteiger charge is -2.54. The summed E-state index contributed by atoms with van der Waals surface area (Å²) in [5.41, 5.74) is 0.394. The summed E-state index contributed by atoms with van der Waals surface area (Å²) in [4.78, 5) is 0. The second kappa shape index (κ2) is 6.17. The van der Waals surface area contributed by atoms with Crippen LogP contribution in [0.4, 0.5) is 0 Å². The molecule has 2 atom stereocenters. The molecular formula is C18H30N4O. The predicted molar refractivity (Wildman–Crippen MR) is 89.2 cm³/mol. The quantitative estimate of drug-likeness (QED) is 0.876. The van der Waals surface area contributed by atoms with Gasteiger partial charge in [0.15, 0.2) is 0 Å². The van der Waals surface area contributed by atoms with E-state index >= 15 is 0 Å². The van der Waals surface area contributed by atoms with Crippen molar-refractivity contribution in [2.24, 2.45) is 12.5 Å². The highest BCUT2D eigenvalue weighted by Crippen LogP contribution is 2.54. The van der Waals surface area contributed by atoms with E-state index in [0.717, 1.165) is 25.4 Å². The van der Waals surface area contributed by atoms with Crippen LogP contribution in [-0.4, -0.2) is 33.5 Å². The number of nitrogens with one attached hydrogen (secondary N) is 1. The number of rotatable bonds is 6. The van der Waals surface area contributed by atoms with Gasteiger partial charge in [0, 0.05) is 31.0 Å². The Morgan fingerprint density at radius 2 is 2.00 bits per heavy atom.